The van der Waals surface area contributed by atoms with Gasteiger partial charge in [-0.1, -0.05) is 72.5 Å². The minimum atomic E-state index is -2.61. The van der Waals surface area contributed by atoms with Crippen molar-refractivity contribution in [2.75, 3.05) is 44.2 Å². The zero-order chi connectivity index (χ0) is 71.7. The van der Waals surface area contributed by atoms with E-state index in [0.717, 1.165) is 104 Å². The molecule has 6 heterocycles. The van der Waals surface area contributed by atoms with Crippen LogP contribution in [-0.2, 0) is 69.9 Å². The Balaban J connectivity index is 0.000000144. The van der Waals surface area contributed by atoms with Crippen LogP contribution in [-0.4, -0.2) is 101 Å². The minimum Gasteiger partial charge on any atom is -0.768 e. The van der Waals surface area contributed by atoms with Crippen molar-refractivity contribution >= 4 is 82.7 Å². The molecule has 2 aliphatic carbocycles. The van der Waals surface area contributed by atoms with E-state index in [0.29, 0.717) is 18.2 Å². The van der Waals surface area contributed by atoms with Gasteiger partial charge in [-0.2, -0.15) is 0 Å². The van der Waals surface area contributed by atoms with Crippen molar-refractivity contribution in [1.82, 2.24) is 32.7 Å². The Hall–Kier alpha value is -9.13. The minimum absolute atomic E-state index is 0.0221. The molecule has 0 amide bonds. The molecule has 2 unspecified atom stereocenters. The lowest BCUT2D eigenvalue weighted by Crippen LogP contribution is -2.24. The maximum Gasteiger partial charge on any atom is 0.200 e. The summed E-state index contributed by atoms with van der Waals surface area (Å²) in [6.07, 6.45) is 27.5. The summed E-state index contributed by atoms with van der Waals surface area (Å²) in [6.45, 7) is 28.9. The largest absolute Gasteiger partial charge is 0.768 e. The number of hydrogen-bond donors (Lipinski definition) is 2. The van der Waals surface area contributed by atoms with Crippen molar-refractivity contribution in [2.24, 2.45) is 33.9 Å². The number of benzene rings is 6. The average Bonchev–Trinajstić information content (AvgIpc) is 1.60. The normalized spacial score (nSPS) is 13.4. The van der Waals surface area contributed by atoms with E-state index in [1.54, 1.807) is 6.07 Å². The summed E-state index contributed by atoms with van der Waals surface area (Å²) in [6, 6.07) is 38.2. The van der Waals surface area contributed by atoms with Gasteiger partial charge in [-0.3, -0.25) is 8.42 Å². The van der Waals surface area contributed by atoms with Crippen LogP contribution in [0, 0.1) is 27.7 Å². The number of aromatic nitrogens is 6. The lowest BCUT2D eigenvalue weighted by molar-refractivity contribution is -0.519. The van der Waals surface area contributed by atoms with Crippen LogP contribution in [0.4, 0.5) is 5.69 Å². The van der Waals surface area contributed by atoms with E-state index in [1.165, 1.54) is 123 Å². The highest BCUT2D eigenvalue weighted by Gasteiger charge is 2.29. The third-order valence-electron chi connectivity index (χ3n) is 20.1. The first kappa shape index (κ1) is 71.7. The Labute approximate surface area is 601 Å². The van der Waals surface area contributed by atoms with Gasteiger partial charge >= 0.3 is 0 Å². The number of fused-ring (bicyclic) bond motifs is 6. The summed E-state index contributed by atoms with van der Waals surface area (Å²) in [5.41, 5.74) is 34.2. The third kappa shape index (κ3) is 14.7. The van der Waals surface area contributed by atoms with Crippen molar-refractivity contribution in [3.8, 4) is 44.5 Å². The quantitative estimate of drug-likeness (QED) is 0.0437. The molecule has 524 valence electrons. The Kier molecular flexibility index (Phi) is 21.7. The van der Waals surface area contributed by atoms with Crippen molar-refractivity contribution < 1.29 is 22.1 Å². The number of nitrogens with one attached hydrogen (secondary N) is 1. The number of nitrogens with zero attached hydrogens (tertiary/aromatic N) is 8. The number of rotatable bonds is 20. The van der Waals surface area contributed by atoms with Gasteiger partial charge in [0.2, 0.25) is 0 Å². The number of anilines is 1. The molecule has 12 aromatic rings. The molecule has 3 N–H and O–H groups in total. The first-order chi connectivity index (χ1) is 48.6. The Morgan fingerprint density at radius 2 is 0.990 bits per heavy atom. The highest BCUT2D eigenvalue weighted by Crippen LogP contribution is 2.46. The average molecular weight is 1390 g/mol. The Bertz CT molecular complexity index is 5290. The summed E-state index contributed by atoms with van der Waals surface area (Å²) >= 11 is -5.14. The van der Waals surface area contributed by atoms with E-state index in [9.17, 15) is 17.5 Å². The van der Waals surface area contributed by atoms with Crippen molar-refractivity contribution in [2.45, 2.75) is 117 Å². The van der Waals surface area contributed by atoms with Gasteiger partial charge in [-0.05, 0) is 222 Å². The van der Waals surface area contributed by atoms with E-state index in [1.807, 2.05) is 0 Å². The summed E-state index contributed by atoms with van der Waals surface area (Å²) in [7, 11) is 8.52. The molecule has 16 heteroatoms. The molecule has 101 heavy (non-hydrogen) atoms. The van der Waals surface area contributed by atoms with Gasteiger partial charge in [0.25, 0.3) is 0 Å². The highest BCUT2D eigenvalue weighted by molar-refractivity contribution is 7.80. The number of nitrogens with two attached hydrogens (primary N) is 1. The summed E-state index contributed by atoms with van der Waals surface area (Å²) < 4.78 is 63.6. The molecule has 0 aliphatic heterocycles. The molecule has 2 atom stereocenters. The van der Waals surface area contributed by atoms with Gasteiger partial charge in [-0.25, -0.2) is 4.58 Å². The fourth-order valence-corrected chi connectivity index (χ4v) is 16.1. The predicted molar refractivity (Wildman–Crippen MR) is 421 cm³/mol. The van der Waals surface area contributed by atoms with Crippen molar-refractivity contribution in [1.29, 1.82) is 0 Å². The van der Waals surface area contributed by atoms with Gasteiger partial charge in [-0.15, -0.1) is 0 Å². The van der Waals surface area contributed by atoms with Gasteiger partial charge in [0.05, 0.1) is 0 Å². The van der Waals surface area contributed by atoms with Crippen LogP contribution in [0.3, 0.4) is 0 Å². The maximum atomic E-state index is 12.3. The Morgan fingerprint density at radius 1 is 0.525 bits per heavy atom. The van der Waals surface area contributed by atoms with E-state index < -0.39 is 22.2 Å². The van der Waals surface area contributed by atoms with E-state index in [2.05, 4.69) is 298 Å². The molecule has 14 rings (SSSR count). The fraction of sp³-hybridized carbons (Fsp3) is 0.306. The van der Waals surface area contributed by atoms with E-state index in [4.69, 9.17) is 5.73 Å². The summed E-state index contributed by atoms with van der Waals surface area (Å²) in [4.78, 5) is 2.22. The molecule has 0 saturated carbocycles. The van der Waals surface area contributed by atoms with Gasteiger partial charge in [0.1, 0.15) is 13.1 Å². The predicted octanol–water partition coefficient (Wildman–Crippen LogP) is 16.9. The van der Waals surface area contributed by atoms with Gasteiger partial charge in [0.15, 0.2) is 5.71 Å². The van der Waals surface area contributed by atoms with Crippen LogP contribution in [0.5, 0.6) is 0 Å². The zero-order valence-corrected chi connectivity index (χ0v) is 62.8. The van der Waals surface area contributed by atoms with Crippen LogP contribution in [0.15, 0.2) is 198 Å². The molecule has 0 bridgehead atoms. The molecule has 2 aliphatic rings. The molecule has 14 nitrogen and oxygen atoms in total. The van der Waals surface area contributed by atoms with E-state index >= 15 is 0 Å². The maximum absolute atomic E-state index is 12.3. The molecule has 0 fully saturated rings. The molecule has 6 aromatic heterocycles. The first-order valence-electron chi connectivity index (χ1n) is 35.6. The molecule has 0 spiro atoms. The van der Waals surface area contributed by atoms with Crippen LogP contribution in [0.2, 0.25) is 0 Å². The van der Waals surface area contributed by atoms with Crippen molar-refractivity contribution in [3.63, 3.8) is 0 Å². The van der Waals surface area contributed by atoms with Gasteiger partial charge in [0, 0.05) is 226 Å². The van der Waals surface area contributed by atoms with Crippen LogP contribution >= 0.6 is 0 Å². The second-order valence-electron chi connectivity index (χ2n) is 27.7. The van der Waals surface area contributed by atoms with Crippen LogP contribution < -0.4 is 16.0 Å². The molecular weight excluding hydrogens is 1290 g/mol. The van der Waals surface area contributed by atoms with Crippen LogP contribution in [0.1, 0.15) is 93.3 Å². The molecular formula is C85H97N10O4S2-. The summed E-state index contributed by atoms with van der Waals surface area (Å²) in [5, 5.41) is 8.81. The van der Waals surface area contributed by atoms with Crippen molar-refractivity contribution in [3.05, 3.63) is 227 Å². The SMILES string of the molecule is CCN(CC)c1ccc2c(c1)CC1=CC(=[N+](CC)CC)C=CC1=C2c1ccc(S(=O)[O-])cc1S(=O)[O-].Cc1ccc2c(c1)c(-c1cn(C)cc1-c1cn(CCCN)c3ccc(C)cc13)cn2C.Cc1ccc2c(c1)c(-c1cn(C)cc1-c1cn(CCCNC(C)C)c3ccc(C)cc13)cn2C. The lowest BCUT2D eigenvalue weighted by atomic mass is 9.77. The molecule has 6 aromatic carbocycles. The third-order valence-corrected chi connectivity index (χ3v) is 21.5. The van der Waals surface area contributed by atoms with Gasteiger partial charge < -0.3 is 52.5 Å². The zero-order valence-electron chi connectivity index (χ0n) is 61.2. The number of aryl methyl sites for hydroxylation is 10. The second-order valence-corrected chi connectivity index (χ2v) is 29.5. The first-order valence-corrected chi connectivity index (χ1v) is 37.8. The summed E-state index contributed by atoms with van der Waals surface area (Å²) in [5.74, 6) is 0. The smallest absolute Gasteiger partial charge is 0.200 e. The number of allylic oxidation sites excluding steroid dienone is 5. The second kappa shape index (κ2) is 30.6. The van der Waals surface area contributed by atoms with Crippen LogP contribution in [0.25, 0.3) is 93.7 Å². The topological polar surface area (TPSA) is 154 Å². The standard InChI is InChI=1S/C30H36N4.C28H32N2O4S2.C27H30N4/c1-20(2)31-12-7-13-34-19-28(24-15-22(4)9-11-30(24)34)26-17-32(5)16-25(26)27-18-33(6)29-10-8-21(3)14-23(27)29;1-5-29(6-2)21-9-12-24-19(16-21)15-20-17-22(30(7-3)8-4)10-13-25(20)28(24)26-14-11-23(35(31)32)18-27(26)36(33)34;1-18-6-8-26-20(12-18)24(16-30(26)4)22-14-29(3)15-23(22)25-17-31(11-5-10-28)27-9-7-19(2)13-21(25)27/h8-11,14-20,31H,7,12-13H2,1-6H3;9-14,16-18H,5-8,15H2,1-4H3,(H-,31,32,33,34);6-9,12-17H,5,10-11,28H2,1-4H3/p-1. The molecule has 0 radical (unpaired) electrons. The monoisotopic (exact) mass is 1390 g/mol. The Morgan fingerprint density at radius 3 is 1.45 bits per heavy atom. The highest BCUT2D eigenvalue weighted by atomic mass is 32.2. The molecule has 0 saturated heterocycles. The van der Waals surface area contributed by atoms with E-state index in [-0.39, 0.29) is 9.79 Å². The lowest BCUT2D eigenvalue weighted by Gasteiger charge is -2.30. The fourth-order valence-electron chi connectivity index (χ4n) is 15.1. The number of hydrogen-bond acceptors (Lipinski definition) is 7.